The summed E-state index contributed by atoms with van der Waals surface area (Å²) in [4.78, 5) is 58.8. The molecule has 4 amide bonds. The Morgan fingerprint density at radius 3 is 1.41 bits per heavy atom. The van der Waals surface area contributed by atoms with Gasteiger partial charge in [0.15, 0.2) is 11.4 Å². The van der Waals surface area contributed by atoms with E-state index in [1.807, 2.05) is 27.7 Å². The van der Waals surface area contributed by atoms with Crippen molar-refractivity contribution in [2.45, 2.75) is 64.3 Å². The third-order valence-electron chi connectivity index (χ3n) is 11.4. The normalized spacial score (nSPS) is 16.1. The third kappa shape index (κ3) is 9.70. The van der Waals surface area contributed by atoms with Crippen molar-refractivity contribution < 1.29 is 63.6 Å². The Bertz CT molecular complexity index is 2910. The maximum atomic E-state index is 14.3. The molecule has 9 rings (SSSR count). The Hall–Kier alpha value is -6.66. The molecule has 3 aliphatic rings. The van der Waals surface area contributed by atoms with Gasteiger partial charge in [-0.25, -0.2) is 13.8 Å². The molecule has 0 atom stereocenters. The monoisotopic (exact) mass is 1010 g/mol. The lowest BCUT2D eigenvalue weighted by Crippen LogP contribution is -2.41. The van der Waals surface area contributed by atoms with E-state index in [-0.39, 0.29) is 52.3 Å². The van der Waals surface area contributed by atoms with E-state index < -0.39 is 77.3 Å². The fourth-order valence-corrected chi connectivity index (χ4v) is 7.45. The summed E-state index contributed by atoms with van der Waals surface area (Å²) < 4.78 is 118. The molecule has 7 heterocycles. The van der Waals surface area contributed by atoms with E-state index in [1.54, 1.807) is 36.4 Å². The average Bonchev–Trinajstić information content (AvgIpc) is 4.03. The Balaban J connectivity index is 0.000000156. The zero-order valence-electron chi connectivity index (χ0n) is 36.5. The Morgan fingerprint density at radius 1 is 0.603 bits per heavy atom. The lowest BCUT2D eigenvalue weighted by molar-refractivity contribution is -0.142. The van der Waals surface area contributed by atoms with Crippen LogP contribution in [0.25, 0.3) is 11.4 Å². The second-order valence-corrected chi connectivity index (χ2v) is 17.3. The van der Waals surface area contributed by atoms with Crippen LogP contribution in [0.2, 0.25) is 0 Å². The number of aryl methyl sites for hydroxylation is 2. The van der Waals surface area contributed by atoms with Gasteiger partial charge >= 0.3 is 19.5 Å². The quantitative estimate of drug-likeness (QED) is 0.0695. The van der Waals surface area contributed by atoms with Crippen molar-refractivity contribution in [3.05, 3.63) is 146 Å². The number of hydrogen-bond acceptors (Lipinski definition) is 10. The number of imide groups is 2. The van der Waals surface area contributed by atoms with E-state index in [4.69, 9.17) is 9.31 Å². The van der Waals surface area contributed by atoms with Crippen LogP contribution >= 0.6 is 15.9 Å². The van der Waals surface area contributed by atoms with Gasteiger partial charge < -0.3 is 9.31 Å². The average molecular weight is 1020 g/mol. The minimum atomic E-state index is -4.64. The maximum absolute atomic E-state index is 14.3. The molecule has 2 aromatic carbocycles. The number of aromatic nitrogens is 6. The molecular weight excluding hydrogens is 979 g/mol. The fraction of sp³-hybridized carbons (Fsp3) is 0.273. The van der Waals surface area contributed by atoms with Crippen LogP contribution in [0, 0.1) is 11.6 Å². The van der Waals surface area contributed by atoms with Crippen molar-refractivity contribution >= 4 is 52.3 Å². The SMILES string of the molecule is Cn1nc(C(F)(F)F)cc1-c1cc(CN2C(=O)c3ccccc3C2=O)c(F)cn1.Cn1nc(C(F)(F)F)cc1B1OC(C)(C)C(C)(C)O1.O=C1c2ccccc2C(=O)N1Cc1cc(Br)ncc1F. The van der Waals surface area contributed by atoms with E-state index in [0.717, 1.165) is 43.7 Å². The molecule has 68 heavy (non-hydrogen) atoms. The van der Waals surface area contributed by atoms with E-state index in [9.17, 15) is 54.3 Å². The number of nitrogens with zero attached hydrogens (tertiary/aromatic N) is 8. The third-order valence-corrected chi connectivity index (χ3v) is 11.8. The number of carbonyl (C=O) groups excluding carboxylic acids is 4. The maximum Gasteiger partial charge on any atom is 0.514 e. The first-order valence-corrected chi connectivity index (χ1v) is 20.9. The minimum absolute atomic E-state index is 0.0148. The second-order valence-electron chi connectivity index (χ2n) is 16.4. The predicted octanol–water partition coefficient (Wildman–Crippen LogP) is 7.95. The molecule has 3 aliphatic heterocycles. The zero-order chi connectivity index (χ0) is 49.8. The molecule has 0 radical (unpaired) electrons. The summed E-state index contributed by atoms with van der Waals surface area (Å²) >= 11 is 3.14. The highest BCUT2D eigenvalue weighted by molar-refractivity contribution is 9.10. The van der Waals surface area contributed by atoms with E-state index in [1.165, 1.54) is 38.4 Å². The van der Waals surface area contributed by atoms with Crippen molar-refractivity contribution in [3.63, 3.8) is 0 Å². The van der Waals surface area contributed by atoms with E-state index >= 15 is 0 Å². The summed E-state index contributed by atoms with van der Waals surface area (Å²) in [6.45, 7) is 6.88. The molecule has 0 bridgehead atoms. The molecule has 1 fully saturated rings. The van der Waals surface area contributed by atoms with Crippen LogP contribution in [0.3, 0.4) is 0 Å². The molecular formula is C44H36BBrF8N8O6. The van der Waals surface area contributed by atoms with Gasteiger partial charge in [0.2, 0.25) is 0 Å². The summed E-state index contributed by atoms with van der Waals surface area (Å²) in [5.41, 5.74) is -1.63. The van der Waals surface area contributed by atoms with Crippen LogP contribution in [0.1, 0.15) is 91.6 Å². The lowest BCUT2D eigenvalue weighted by atomic mass is 9.84. The standard InChI is InChI=1S/C19H12F4N4O2.C14H8BrFN2O2.C11H16BF3N2O2/c1-26-15(7-16(25-26)19(21,22)23)14-6-10(13(20)8-24-14)9-27-17(28)11-4-2-3-5-12(11)18(27)29;15-12-5-8(11(16)6-17-12)7-18-13(19)9-3-1-2-4-10(9)14(18)20;1-9(2)10(3,4)19-12(18-9)8-6-7(11(13,14)15)16-17(8)5/h2-8H,9H2,1H3;1-6H,7H2;6H,1-5H3. The summed E-state index contributed by atoms with van der Waals surface area (Å²) in [5, 5.41) is 6.86. The van der Waals surface area contributed by atoms with Crippen LogP contribution in [0.15, 0.2) is 89.8 Å². The summed E-state index contributed by atoms with van der Waals surface area (Å²) in [6.07, 6.45) is -7.22. The van der Waals surface area contributed by atoms with Crippen molar-refractivity contribution in [1.29, 1.82) is 0 Å². The number of amides is 4. The first-order valence-electron chi connectivity index (χ1n) is 20.1. The summed E-state index contributed by atoms with van der Waals surface area (Å²) in [7, 11) is 1.90. The molecule has 0 aliphatic carbocycles. The lowest BCUT2D eigenvalue weighted by Gasteiger charge is -2.32. The summed E-state index contributed by atoms with van der Waals surface area (Å²) in [5.74, 6) is -3.28. The van der Waals surface area contributed by atoms with Gasteiger partial charge in [0.05, 0.1) is 75.9 Å². The number of fused-ring (bicyclic) bond motifs is 2. The van der Waals surface area contributed by atoms with Crippen molar-refractivity contribution in [1.82, 2.24) is 39.3 Å². The van der Waals surface area contributed by atoms with Gasteiger partial charge in [0, 0.05) is 25.2 Å². The van der Waals surface area contributed by atoms with Gasteiger partial charge in [-0.15, -0.1) is 0 Å². The Kier molecular flexibility index (Phi) is 13.1. The predicted molar refractivity (Wildman–Crippen MR) is 229 cm³/mol. The number of rotatable bonds is 6. The van der Waals surface area contributed by atoms with Gasteiger partial charge in [-0.2, -0.15) is 36.5 Å². The number of alkyl halides is 6. The highest BCUT2D eigenvalue weighted by Crippen LogP contribution is 2.37. The molecule has 0 spiro atoms. The van der Waals surface area contributed by atoms with Crippen LogP contribution in [0.4, 0.5) is 35.1 Å². The molecule has 354 valence electrons. The molecule has 1 saturated heterocycles. The van der Waals surface area contributed by atoms with Crippen LogP contribution in [0.5, 0.6) is 0 Å². The largest absolute Gasteiger partial charge is 0.514 e. The van der Waals surface area contributed by atoms with E-state index in [2.05, 4.69) is 36.1 Å². The Morgan fingerprint density at radius 2 is 1.00 bits per heavy atom. The molecule has 14 nitrogen and oxygen atoms in total. The first-order chi connectivity index (χ1) is 31.7. The molecule has 4 aromatic heterocycles. The number of hydrogen-bond donors (Lipinski definition) is 0. The van der Waals surface area contributed by atoms with Crippen molar-refractivity contribution in [3.8, 4) is 11.4 Å². The number of carbonyl (C=O) groups is 4. The van der Waals surface area contributed by atoms with Crippen LogP contribution < -0.4 is 5.59 Å². The topological polar surface area (TPSA) is 155 Å². The van der Waals surface area contributed by atoms with Gasteiger partial charge in [-0.3, -0.25) is 43.3 Å². The molecule has 24 heteroatoms. The number of benzene rings is 2. The number of halogens is 9. The minimum Gasteiger partial charge on any atom is -0.398 e. The molecule has 6 aromatic rings. The molecule has 0 unspecified atom stereocenters. The van der Waals surface area contributed by atoms with Gasteiger partial charge in [-0.05, 0) is 92.2 Å². The van der Waals surface area contributed by atoms with E-state index in [0.29, 0.717) is 15.7 Å². The van der Waals surface area contributed by atoms with Crippen molar-refractivity contribution in [2.75, 3.05) is 0 Å². The molecule has 0 saturated carbocycles. The Labute approximate surface area is 390 Å². The van der Waals surface area contributed by atoms with Gasteiger partial charge in [-0.1, -0.05) is 24.3 Å². The highest BCUT2D eigenvalue weighted by Gasteiger charge is 2.53. The number of pyridine rings is 2. The van der Waals surface area contributed by atoms with Crippen LogP contribution in [-0.4, -0.2) is 81.3 Å². The summed E-state index contributed by atoms with van der Waals surface area (Å²) in [6, 6.07) is 17.2. The van der Waals surface area contributed by atoms with Crippen LogP contribution in [-0.2, 0) is 48.8 Å². The highest BCUT2D eigenvalue weighted by atomic mass is 79.9. The van der Waals surface area contributed by atoms with Crippen molar-refractivity contribution in [2.24, 2.45) is 14.1 Å². The first kappa shape index (κ1) is 49.3. The fourth-order valence-electron chi connectivity index (χ4n) is 7.07. The second kappa shape index (κ2) is 18.1. The zero-order valence-corrected chi connectivity index (χ0v) is 38.1. The van der Waals surface area contributed by atoms with Gasteiger partial charge in [0.1, 0.15) is 16.2 Å². The molecule has 0 N–H and O–H groups in total. The van der Waals surface area contributed by atoms with Gasteiger partial charge in [0.25, 0.3) is 23.6 Å². The smallest absolute Gasteiger partial charge is 0.398 e.